The van der Waals surface area contributed by atoms with Crippen molar-refractivity contribution in [3.63, 3.8) is 0 Å². The molecule has 27 heavy (non-hydrogen) atoms. The lowest BCUT2D eigenvalue weighted by Gasteiger charge is -2.18. The van der Waals surface area contributed by atoms with Crippen LogP contribution < -0.4 is 9.64 Å². The fraction of sp³-hybridized carbons (Fsp3) is 0.182. The van der Waals surface area contributed by atoms with Crippen LogP contribution in [-0.4, -0.2) is 26.1 Å². The summed E-state index contributed by atoms with van der Waals surface area (Å²) in [6, 6.07) is 14.9. The van der Waals surface area contributed by atoms with Crippen molar-refractivity contribution in [3.05, 3.63) is 76.5 Å². The van der Waals surface area contributed by atoms with E-state index in [1.54, 1.807) is 44.4 Å². The SMILES string of the molecule is COC(=O)C1=C(C)N(c2cccc(OC)c2)C(=O)/C1=C\c1cccc(C)c1. The Morgan fingerprint density at radius 2 is 1.78 bits per heavy atom. The molecule has 1 heterocycles. The predicted octanol–water partition coefficient (Wildman–Crippen LogP) is 3.88. The summed E-state index contributed by atoms with van der Waals surface area (Å²) in [5.41, 5.74) is 3.66. The number of esters is 1. The molecule has 0 bridgehead atoms. The molecule has 0 aromatic heterocycles. The molecule has 0 saturated carbocycles. The van der Waals surface area contributed by atoms with E-state index in [1.807, 2.05) is 31.2 Å². The zero-order valence-corrected chi connectivity index (χ0v) is 15.8. The summed E-state index contributed by atoms with van der Waals surface area (Å²) in [5.74, 6) is -0.184. The maximum Gasteiger partial charge on any atom is 0.340 e. The van der Waals surface area contributed by atoms with E-state index in [1.165, 1.54) is 12.0 Å². The Morgan fingerprint density at radius 1 is 1.04 bits per heavy atom. The van der Waals surface area contributed by atoms with Crippen molar-refractivity contribution in [2.75, 3.05) is 19.1 Å². The summed E-state index contributed by atoms with van der Waals surface area (Å²) >= 11 is 0. The van der Waals surface area contributed by atoms with E-state index in [4.69, 9.17) is 9.47 Å². The number of carbonyl (C=O) groups is 2. The van der Waals surface area contributed by atoms with Crippen molar-refractivity contribution in [2.24, 2.45) is 0 Å². The highest BCUT2D eigenvalue weighted by atomic mass is 16.5. The molecule has 5 heteroatoms. The third-order valence-electron chi connectivity index (χ3n) is 4.45. The summed E-state index contributed by atoms with van der Waals surface area (Å²) < 4.78 is 10.2. The first kappa shape index (κ1) is 18.5. The molecular weight excluding hydrogens is 342 g/mol. The predicted molar refractivity (Wildman–Crippen MR) is 104 cm³/mol. The van der Waals surface area contributed by atoms with Gasteiger partial charge in [-0.3, -0.25) is 9.69 Å². The standard InChI is InChI=1S/C22H21NO4/c1-14-7-5-8-16(11-14)12-19-20(22(25)27-4)15(2)23(21(19)24)17-9-6-10-18(13-17)26-3/h5-13H,1-4H3/b19-12-. The molecule has 0 aliphatic carbocycles. The molecule has 138 valence electrons. The number of benzene rings is 2. The van der Waals surface area contributed by atoms with Crippen LogP contribution in [0.5, 0.6) is 5.75 Å². The monoisotopic (exact) mass is 363 g/mol. The minimum absolute atomic E-state index is 0.270. The molecule has 2 aromatic carbocycles. The van der Waals surface area contributed by atoms with Gasteiger partial charge in [-0.25, -0.2) is 4.79 Å². The van der Waals surface area contributed by atoms with Gasteiger partial charge in [-0.1, -0.05) is 35.9 Å². The van der Waals surface area contributed by atoms with Gasteiger partial charge in [0.15, 0.2) is 0 Å². The Balaban J connectivity index is 2.14. The largest absolute Gasteiger partial charge is 0.497 e. The van der Waals surface area contributed by atoms with E-state index < -0.39 is 5.97 Å². The normalized spacial score (nSPS) is 15.5. The van der Waals surface area contributed by atoms with Gasteiger partial charge in [-0.15, -0.1) is 0 Å². The first-order valence-corrected chi connectivity index (χ1v) is 8.52. The van der Waals surface area contributed by atoms with Crippen LogP contribution in [0.2, 0.25) is 0 Å². The Hall–Kier alpha value is -3.34. The lowest BCUT2D eigenvalue weighted by atomic mass is 10.0. The number of methoxy groups -OCH3 is 2. The average molecular weight is 363 g/mol. The first-order valence-electron chi connectivity index (χ1n) is 8.52. The Kier molecular flexibility index (Phi) is 5.12. The average Bonchev–Trinajstić information content (AvgIpc) is 2.91. The molecule has 0 spiro atoms. The van der Waals surface area contributed by atoms with Gasteiger partial charge >= 0.3 is 5.97 Å². The van der Waals surface area contributed by atoms with Crippen molar-refractivity contribution in [2.45, 2.75) is 13.8 Å². The highest BCUT2D eigenvalue weighted by Crippen LogP contribution is 2.36. The number of ether oxygens (including phenoxy) is 2. The minimum atomic E-state index is -0.537. The zero-order valence-electron chi connectivity index (χ0n) is 15.8. The molecule has 1 aliphatic rings. The second kappa shape index (κ2) is 7.50. The highest BCUT2D eigenvalue weighted by Gasteiger charge is 2.38. The van der Waals surface area contributed by atoms with Crippen molar-refractivity contribution in [1.29, 1.82) is 0 Å². The van der Waals surface area contributed by atoms with Crippen molar-refractivity contribution < 1.29 is 19.1 Å². The van der Waals surface area contributed by atoms with Crippen LogP contribution in [0.3, 0.4) is 0 Å². The summed E-state index contributed by atoms with van der Waals surface area (Å²) in [4.78, 5) is 27.1. The van der Waals surface area contributed by atoms with Crippen LogP contribution >= 0.6 is 0 Å². The lowest BCUT2D eigenvalue weighted by Crippen LogP contribution is -2.24. The van der Waals surface area contributed by atoms with Gasteiger partial charge in [0.1, 0.15) is 5.75 Å². The molecular formula is C22H21NO4. The van der Waals surface area contributed by atoms with E-state index >= 15 is 0 Å². The molecule has 0 fully saturated rings. The molecule has 0 saturated heterocycles. The quantitative estimate of drug-likeness (QED) is 0.611. The molecule has 5 nitrogen and oxygen atoms in total. The number of rotatable bonds is 4. The number of aryl methyl sites for hydroxylation is 1. The van der Waals surface area contributed by atoms with Crippen molar-refractivity contribution in [1.82, 2.24) is 0 Å². The zero-order chi connectivity index (χ0) is 19.6. The minimum Gasteiger partial charge on any atom is -0.497 e. The van der Waals surface area contributed by atoms with Gasteiger partial charge in [0.25, 0.3) is 5.91 Å². The van der Waals surface area contributed by atoms with Crippen LogP contribution in [0, 0.1) is 6.92 Å². The maximum atomic E-state index is 13.2. The number of hydrogen-bond donors (Lipinski definition) is 0. The molecule has 0 unspecified atom stereocenters. The number of carbonyl (C=O) groups excluding carboxylic acids is 2. The third kappa shape index (κ3) is 3.49. The summed E-state index contributed by atoms with van der Waals surface area (Å²) in [6.07, 6.45) is 1.73. The maximum absolute atomic E-state index is 13.2. The van der Waals surface area contributed by atoms with Gasteiger partial charge in [-0.2, -0.15) is 0 Å². The molecule has 3 rings (SSSR count). The van der Waals surface area contributed by atoms with E-state index in [0.29, 0.717) is 22.7 Å². The van der Waals surface area contributed by atoms with E-state index in [-0.39, 0.29) is 11.5 Å². The van der Waals surface area contributed by atoms with E-state index in [0.717, 1.165) is 11.1 Å². The number of allylic oxidation sites excluding steroid dienone is 1. The summed E-state index contributed by atoms with van der Waals surface area (Å²) in [5, 5.41) is 0. The Labute approximate surface area is 158 Å². The van der Waals surface area contributed by atoms with Crippen LogP contribution in [-0.2, 0) is 14.3 Å². The highest BCUT2D eigenvalue weighted by molar-refractivity contribution is 6.23. The van der Waals surface area contributed by atoms with Gasteiger partial charge in [0.2, 0.25) is 0 Å². The van der Waals surface area contributed by atoms with Gasteiger partial charge in [-0.05, 0) is 37.6 Å². The smallest absolute Gasteiger partial charge is 0.340 e. The Bertz CT molecular complexity index is 972. The van der Waals surface area contributed by atoms with Crippen LogP contribution in [0.25, 0.3) is 6.08 Å². The number of nitrogens with zero attached hydrogens (tertiary/aromatic N) is 1. The van der Waals surface area contributed by atoms with Gasteiger partial charge in [0, 0.05) is 11.8 Å². The number of amides is 1. The molecule has 1 amide bonds. The summed E-state index contributed by atoms with van der Waals surface area (Å²) in [6.45, 7) is 3.71. The van der Waals surface area contributed by atoms with E-state index in [2.05, 4.69) is 0 Å². The Morgan fingerprint density at radius 3 is 2.44 bits per heavy atom. The second-order valence-electron chi connectivity index (χ2n) is 6.27. The van der Waals surface area contributed by atoms with Crippen LogP contribution in [0.1, 0.15) is 18.1 Å². The topological polar surface area (TPSA) is 55.8 Å². The first-order chi connectivity index (χ1) is 13.0. The van der Waals surface area contributed by atoms with Crippen molar-refractivity contribution in [3.8, 4) is 5.75 Å². The van der Waals surface area contributed by atoms with Crippen molar-refractivity contribution >= 4 is 23.6 Å². The number of anilines is 1. The molecule has 2 aromatic rings. The molecule has 0 radical (unpaired) electrons. The molecule has 0 N–H and O–H groups in total. The fourth-order valence-corrected chi connectivity index (χ4v) is 3.17. The van der Waals surface area contributed by atoms with Gasteiger partial charge < -0.3 is 9.47 Å². The lowest BCUT2D eigenvalue weighted by molar-refractivity contribution is -0.136. The third-order valence-corrected chi connectivity index (χ3v) is 4.45. The molecule has 0 atom stereocenters. The molecule has 1 aliphatic heterocycles. The second-order valence-corrected chi connectivity index (χ2v) is 6.27. The van der Waals surface area contributed by atoms with Crippen LogP contribution in [0.4, 0.5) is 5.69 Å². The fourth-order valence-electron chi connectivity index (χ4n) is 3.17. The number of hydrogen-bond acceptors (Lipinski definition) is 4. The van der Waals surface area contributed by atoms with Gasteiger partial charge in [0.05, 0.1) is 31.1 Å². The summed E-state index contributed by atoms with van der Waals surface area (Å²) in [7, 11) is 2.88. The van der Waals surface area contributed by atoms with Crippen LogP contribution in [0.15, 0.2) is 65.4 Å². The van der Waals surface area contributed by atoms with E-state index in [9.17, 15) is 9.59 Å².